The lowest BCUT2D eigenvalue weighted by atomic mass is 10.0. The highest BCUT2D eigenvalue weighted by atomic mass is 16.7. The highest BCUT2D eigenvalue weighted by Crippen LogP contribution is 2.30. The first-order valence-electron chi connectivity index (χ1n) is 8.85. The van der Waals surface area contributed by atoms with Gasteiger partial charge >= 0.3 is 6.03 Å². The summed E-state index contributed by atoms with van der Waals surface area (Å²) < 4.78 is 0. The number of hydroxylamine groups is 2. The van der Waals surface area contributed by atoms with Crippen molar-refractivity contribution in [3.63, 3.8) is 0 Å². The van der Waals surface area contributed by atoms with Crippen molar-refractivity contribution in [1.29, 1.82) is 0 Å². The standard InChI is InChI=1S/C17H23N5O4/c1-2-3-10-26-22-12-7-8-14(21(11-12)17(22)25)16(24)20-19-15(23)13-6-4-5-9-18-13/h4-6,9,12,14H,2-3,7-8,10-11H2,1H3,(H,19,23)(H,20,24)/t12?,14-/m0/s1. The topological polar surface area (TPSA) is 104 Å². The zero-order valence-electron chi connectivity index (χ0n) is 14.7. The highest BCUT2D eigenvalue weighted by molar-refractivity contribution is 5.95. The van der Waals surface area contributed by atoms with Gasteiger partial charge in [0, 0.05) is 12.7 Å². The summed E-state index contributed by atoms with van der Waals surface area (Å²) >= 11 is 0. The number of unbranched alkanes of at least 4 members (excludes halogenated alkanes) is 1. The van der Waals surface area contributed by atoms with Gasteiger partial charge in [0.25, 0.3) is 11.8 Å². The molecule has 3 rings (SSSR count). The predicted molar refractivity (Wildman–Crippen MR) is 91.5 cm³/mol. The molecule has 1 aromatic rings. The van der Waals surface area contributed by atoms with E-state index in [2.05, 4.69) is 22.8 Å². The summed E-state index contributed by atoms with van der Waals surface area (Å²) in [5.74, 6) is -0.929. The van der Waals surface area contributed by atoms with Gasteiger partial charge in [-0.25, -0.2) is 4.79 Å². The van der Waals surface area contributed by atoms with Crippen molar-refractivity contribution in [1.82, 2.24) is 25.8 Å². The van der Waals surface area contributed by atoms with Gasteiger partial charge in [0.1, 0.15) is 11.7 Å². The second-order valence-electron chi connectivity index (χ2n) is 6.35. The molecule has 0 radical (unpaired) electrons. The van der Waals surface area contributed by atoms with E-state index in [1.165, 1.54) is 16.2 Å². The molecular weight excluding hydrogens is 338 g/mol. The van der Waals surface area contributed by atoms with Gasteiger partial charge in [-0.1, -0.05) is 19.4 Å². The van der Waals surface area contributed by atoms with E-state index in [-0.39, 0.29) is 17.8 Å². The Bertz CT molecular complexity index is 668. The smallest absolute Gasteiger partial charge is 0.309 e. The normalized spacial score (nSPS) is 21.7. The summed E-state index contributed by atoms with van der Waals surface area (Å²) in [6.45, 7) is 3.00. The number of hydrazine groups is 1. The minimum absolute atomic E-state index is 0.0217. The first-order chi connectivity index (χ1) is 12.6. The molecule has 140 valence electrons. The van der Waals surface area contributed by atoms with Crippen LogP contribution in [0.4, 0.5) is 4.79 Å². The van der Waals surface area contributed by atoms with Crippen LogP contribution in [0.25, 0.3) is 0 Å². The Morgan fingerprint density at radius 1 is 1.31 bits per heavy atom. The summed E-state index contributed by atoms with van der Waals surface area (Å²) in [4.78, 5) is 47.9. The summed E-state index contributed by atoms with van der Waals surface area (Å²) in [7, 11) is 0. The third kappa shape index (κ3) is 3.77. The Morgan fingerprint density at radius 3 is 2.88 bits per heavy atom. The van der Waals surface area contributed by atoms with E-state index < -0.39 is 17.9 Å². The maximum absolute atomic E-state index is 12.5. The van der Waals surface area contributed by atoms with Gasteiger partial charge in [0.05, 0.1) is 12.6 Å². The number of fused-ring (bicyclic) bond motifs is 2. The molecule has 9 nitrogen and oxygen atoms in total. The number of hydrogen-bond donors (Lipinski definition) is 2. The average molecular weight is 361 g/mol. The quantitative estimate of drug-likeness (QED) is 0.577. The molecule has 2 aliphatic heterocycles. The van der Waals surface area contributed by atoms with Crippen LogP contribution in [0, 0.1) is 0 Å². The molecule has 0 saturated carbocycles. The van der Waals surface area contributed by atoms with Gasteiger partial charge in [-0.15, -0.1) is 0 Å². The molecule has 1 aromatic heterocycles. The van der Waals surface area contributed by atoms with E-state index in [9.17, 15) is 14.4 Å². The van der Waals surface area contributed by atoms with E-state index in [0.29, 0.717) is 26.0 Å². The number of hydrogen-bond acceptors (Lipinski definition) is 5. The lowest BCUT2D eigenvalue weighted by Crippen LogP contribution is -2.54. The van der Waals surface area contributed by atoms with Crippen molar-refractivity contribution in [3.05, 3.63) is 30.1 Å². The zero-order chi connectivity index (χ0) is 18.5. The van der Waals surface area contributed by atoms with Gasteiger partial charge in [-0.3, -0.25) is 30.3 Å². The van der Waals surface area contributed by atoms with E-state index >= 15 is 0 Å². The molecule has 4 amide bonds. The molecule has 2 fully saturated rings. The summed E-state index contributed by atoms with van der Waals surface area (Å²) in [5, 5.41) is 1.40. The van der Waals surface area contributed by atoms with Gasteiger partial charge in [0.15, 0.2) is 0 Å². The molecule has 9 heteroatoms. The predicted octanol–water partition coefficient (Wildman–Crippen LogP) is 0.843. The van der Waals surface area contributed by atoms with Gasteiger partial charge < -0.3 is 4.90 Å². The Hall–Kier alpha value is -2.68. The molecule has 2 bridgehead atoms. The molecule has 0 aromatic carbocycles. The number of pyridine rings is 1. The first-order valence-corrected chi connectivity index (χ1v) is 8.85. The van der Waals surface area contributed by atoms with Gasteiger partial charge in [-0.2, -0.15) is 5.06 Å². The number of aromatic nitrogens is 1. The fourth-order valence-corrected chi connectivity index (χ4v) is 3.14. The van der Waals surface area contributed by atoms with E-state index in [1.807, 2.05) is 0 Å². The molecule has 2 aliphatic rings. The Kier molecular flexibility index (Phi) is 5.67. The van der Waals surface area contributed by atoms with Crippen molar-refractivity contribution < 1.29 is 19.2 Å². The average Bonchev–Trinajstić information content (AvgIpc) is 2.91. The third-order valence-corrected chi connectivity index (χ3v) is 4.55. The van der Waals surface area contributed by atoms with E-state index in [4.69, 9.17) is 4.84 Å². The molecule has 2 N–H and O–H groups in total. The minimum Gasteiger partial charge on any atom is -0.309 e. The third-order valence-electron chi connectivity index (χ3n) is 4.55. The zero-order valence-corrected chi connectivity index (χ0v) is 14.7. The molecular formula is C17H23N5O4. The van der Waals surface area contributed by atoms with Crippen molar-refractivity contribution in [2.75, 3.05) is 13.2 Å². The van der Waals surface area contributed by atoms with Crippen LogP contribution >= 0.6 is 0 Å². The van der Waals surface area contributed by atoms with Crippen LogP contribution in [0.3, 0.4) is 0 Å². The second kappa shape index (κ2) is 8.13. The number of urea groups is 1. The largest absolute Gasteiger partial charge is 0.345 e. The van der Waals surface area contributed by atoms with E-state index in [1.54, 1.807) is 18.2 Å². The molecule has 0 spiro atoms. The fraction of sp³-hybridized carbons (Fsp3) is 0.529. The van der Waals surface area contributed by atoms with Crippen LogP contribution < -0.4 is 10.9 Å². The maximum atomic E-state index is 12.5. The van der Waals surface area contributed by atoms with E-state index in [0.717, 1.165) is 12.8 Å². The number of nitrogens with zero attached hydrogens (tertiary/aromatic N) is 3. The van der Waals surface area contributed by atoms with Crippen LogP contribution in [-0.4, -0.2) is 58.0 Å². The molecule has 26 heavy (non-hydrogen) atoms. The van der Waals surface area contributed by atoms with Crippen LogP contribution in [0.2, 0.25) is 0 Å². The lowest BCUT2D eigenvalue weighted by Gasteiger charge is -2.29. The Morgan fingerprint density at radius 2 is 2.15 bits per heavy atom. The number of rotatable bonds is 6. The lowest BCUT2D eigenvalue weighted by molar-refractivity contribution is -0.131. The first kappa shape index (κ1) is 18.1. The summed E-state index contributed by atoms with van der Waals surface area (Å²) in [6.07, 6.45) is 4.56. The van der Waals surface area contributed by atoms with Crippen molar-refractivity contribution >= 4 is 17.8 Å². The van der Waals surface area contributed by atoms with Crippen LogP contribution in [0.5, 0.6) is 0 Å². The second-order valence-corrected chi connectivity index (χ2v) is 6.35. The van der Waals surface area contributed by atoms with Crippen LogP contribution in [-0.2, 0) is 9.63 Å². The summed E-state index contributed by atoms with van der Waals surface area (Å²) in [5.41, 5.74) is 4.93. The van der Waals surface area contributed by atoms with Crippen LogP contribution in [0.1, 0.15) is 43.1 Å². The number of carbonyl (C=O) groups is 3. The Labute approximate surface area is 151 Å². The number of carbonyl (C=O) groups excluding carboxylic acids is 3. The maximum Gasteiger partial charge on any atom is 0.345 e. The van der Waals surface area contributed by atoms with Crippen molar-refractivity contribution in [3.8, 4) is 0 Å². The number of nitrogens with one attached hydrogen (secondary N) is 2. The summed E-state index contributed by atoms with van der Waals surface area (Å²) in [6, 6.07) is 3.98. The fourth-order valence-electron chi connectivity index (χ4n) is 3.14. The number of piperidine rings is 1. The van der Waals surface area contributed by atoms with Crippen LogP contribution in [0.15, 0.2) is 24.4 Å². The minimum atomic E-state index is -0.623. The van der Waals surface area contributed by atoms with Gasteiger partial charge in [0.2, 0.25) is 0 Å². The molecule has 0 aliphatic carbocycles. The monoisotopic (exact) mass is 361 g/mol. The Balaban J connectivity index is 1.54. The van der Waals surface area contributed by atoms with Crippen molar-refractivity contribution in [2.24, 2.45) is 0 Å². The number of amides is 4. The molecule has 2 atom stereocenters. The van der Waals surface area contributed by atoms with Gasteiger partial charge in [-0.05, 0) is 31.4 Å². The highest BCUT2D eigenvalue weighted by Gasteiger charge is 2.47. The molecule has 1 unspecified atom stereocenters. The molecule has 3 heterocycles. The van der Waals surface area contributed by atoms with Crippen molar-refractivity contribution in [2.45, 2.75) is 44.7 Å². The molecule has 2 saturated heterocycles. The SMILES string of the molecule is CCCCON1C(=O)N2CC1CC[C@H]2C(=O)NNC(=O)c1ccccn1.